The molecule has 0 spiro atoms. The van der Waals surface area contributed by atoms with Crippen LogP contribution in [0.4, 0.5) is 5.69 Å². The first kappa shape index (κ1) is 18.0. The molecule has 0 aliphatic heterocycles. The summed E-state index contributed by atoms with van der Waals surface area (Å²) in [6.45, 7) is 4.22. The third-order valence-corrected chi connectivity index (χ3v) is 4.44. The molecule has 0 fully saturated rings. The monoisotopic (exact) mass is 369 g/mol. The molecule has 1 aromatic heterocycles. The van der Waals surface area contributed by atoms with Crippen LogP contribution < -0.4 is 10.1 Å². The van der Waals surface area contributed by atoms with Crippen LogP contribution in [0.1, 0.15) is 27.2 Å². The van der Waals surface area contributed by atoms with Gasteiger partial charge in [0.2, 0.25) is 0 Å². The number of hydrogen-bond acceptors (Lipinski definition) is 3. The number of rotatable bonds is 5. The van der Waals surface area contributed by atoms with Gasteiger partial charge < -0.3 is 10.1 Å². The number of aromatic nitrogens is 2. The maximum atomic E-state index is 12.5. The quantitative estimate of drug-likeness (QED) is 0.719. The average molecular weight is 370 g/mol. The van der Waals surface area contributed by atoms with Gasteiger partial charge in [-0.2, -0.15) is 5.10 Å². The Bertz CT molecular complexity index is 950. The fourth-order valence-electron chi connectivity index (χ4n) is 2.55. The smallest absolute Gasteiger partial charge is 0.255 e. The summed E-state index contributed by atoms with van der Waals surface area (Å²) in [7, 11) is 1.84. The number of hydrogen-bond donors (Lipinski definition) is 1. The van der Waals surface area contributed by atoms with Gasteiger partial charge in [0, 0.05) is 17.6 Å². The lowest BCUT2D eigenvalue weighted by atomic mass is 10.1. The molecule has 2 aromatic carbocycles. The van der Waals surface area contributed by atoms with E-state index >= 15 is 0 Å². The van der Waals surface area contributed by atoms with Crippen LogP contribution >= 0.6 is 11.6 Å². The first-order valence-electron chi connectivity index (χ1n) is 8.22. The lowest BCUT2D eigenvalue weighted by Gasteiger charge is -2.10. The molecule has 1 N–H and O–H groups in total. The SMILES string of the molecule is Cc1cc(Cl)ccc1OCc1cccc(C(=O)Nc2cnn(C)c2C)c1. The molecular weight excluding hydrogens is 350 g/mol. The number of aryl methyl sites for hydroxylation is 2. The summed E-state index contributed by atoms with van der Waals surface area (Å²) in [6, 6.07) is 12.9. The molecule has 1 amide bonds. The van der Waals surface area contributed by atoms with Gasteiger partial charge in [-0.15, -0.1) is 0 Å². The van der Waals surface area contributed by atoms with Crippen molar-refractivity contribution in [3.63, 3.8) is 0 Å². The largest absolute Gasteiger partial charge is 0.489 e. The van der Waals surface area contributed by atoms with Gasteiger partial charge in [-0.25, -0.2) is 0 Å². The predicted octanol–water partition coefficient (Wildman–Crippen LogP) is 4.52. The van der Waals surface area contributed by atoms with Crippen molar-refractivity contribution in [1.29, 1.82) is 0 Å². The maximum Gasteiger partial charge on any atom is 0.255 e. The summed E-state index contributed by atoms with van der Waals surface area (Å²) in [6.07, 6.45) is 1.64. The van der Waals surface area contributed by atoms with E-state index in [-0.39, 0.29) is 5.91 Å². The van der Waals surface area contributed by atoms with E-state index in [0.717, 1.165) is 22.6 Å². The molecule has 6 heteroatoms. The number of benzene rings is 2. The number of anilines is 1. The predicted molar refractivity (Wildman–Crippen MR) is 103 cm³/mol. The van der Waals surface area contributed by atoms with E-state index in [4.69, 9.17) is 16.3 Å². The zero-order valence-electron chi connectivity index (χ0n) is 14.9. The fourth-order valence-corrected chi connectivity index (χ4v) is 2.78. The van der Waals surface area contributed by atoms with Crippen molar-refractivity contribution in [2.45, 2.75) is 20.5 Å². The molecule has 0 unspecified atom stereocenters. The van der Waals surface area contributed by atoms with Gasteiger partial charge >= 0.3 is 0 Å². The van der Waals surface area contributed by atoms with Gasteiger partial charge in [-0.05, 0) is 55.3 Å². The highest BCUT2D eigenvalue weighted by atomic mass is 35.5. The number of ether oxygens (including phenoxy) is 1. The van der Waals surface area contributed by atoms with Gasteiger partial charge in [-0.1, -0.05) is 23.7 Å². The highest BCUT2D eigenvalue weighted by Crippen LogP contribution is 2.23. The minimum absolute atomic E-state index is 0.175. The molecule has 0 saturated heterocycles. The molecular formula is C20H20ClN3O2. The van der Waals surface area contributed by atoms with Crippen LogP contribution in [0.3, 0.4) is 0 Å². The van der Waals surface area contributed by atoms with E-state index in [1.807, 2.05) is 51.2 Å². The summed E-state index contributed by atoms with van der Waals surface area (Å²) >= 11 is 5.96. The van der Waals surface area contributed by atoms with Crippen LogP contribution in [0.2, 0.25) is 5.02 Å². The molecule has 5 nitrogen and oxygen atoms in total. The van der Waals surface area contributed by atoms with Crippen LogP contribution in [-0.2, 0) is 13.7 Å². The Kier molecular flexibility index (Phi) is 5.28. The topological polar surface area (TPSA) is 56.1 Å². The van der Waals surface area contributed by atoms with E-state index < -0.39 is 0 Å². The van der Waals surface area contributed by atoms with E-state index in [9.17, 15) is 4.79 Å². The lowest BCUT2D eigenvalue weighted by molar-refractivity contribution is 0.102. The summed E-state index contributed by atoms with van der Waals surface area (Å²) in [4.78, 5) is 12.5. The van der Waals surface area contributed by atoms with Crippen molar-refractivity contribution in [3.8, 4) is 5.75 Å². The van der Waals surface area contributed by atoms with E-state index in [1.54, 1.807) is 23.0 Å². The number of carbonyl (C=O) groups is 1. The fraction of sp³-hybridized carbons (Fsp3) is 0.200. The number of nitrogens with one attached hydrogen (secondary N) is 1. The van der Waals surface area contributed by atoms with E-state index in [2.05, 4.69) is 10.4 Å². The second kappa shape index (κ2) is 7.62. The third-order valence-electron chi connectivity index (χ3n) is 4.20. The lowest BCUT2D eigenvalue weighted by Crippen LogP contribution is -2.13. The Morgan fingerprint density at radius 1 is 1.23 bits per heavy atom. The number of carbonyl (C=O) groups excluding carboxylic acids is 1. The van der Waals surface area contributed by atoms with E-state index in [0.29, 0.717) is 22.9 Å². The Balaban J connectivity index is 1.69. The van der Waals surface area contributed by atoms with Gasteiger partial charge in [0.25, 0.3) is 5.91 Å². The normalized spacial score (nSPS) is 10.6. The zero-order valence-corrected chi connectivity index (χ0v) is 15.7. The summed E-state index contributed by atoms with van der Waals surface area (Å²) in [5.74, 6) is 0.598. The molecule has 0 aliphatic rings. The molecule has 0 atom stereocenters. The van der Waals surface area contributed by atoms with Crippen molar-refractivity contribution >= 4 is 23.2 Å². The molecule has 0 saturated carbocycles. The standard InChI is InChI=1S/C20H20ClN3O2/c1-13-9-17(21)7-8-19(13)26-12-15-5-4-6-16(10-15)20(25)23-18-11-22-24(3)14(18)2/h4-11H,12H2,1-3H3,(H,23,25). The Labute approximate surface area is 157 Å². The van der Waals surface area contributed by atoms with Gasteiger partial charge in [0.05, 0.1) is 17.6 Å². The molecule has 134 valence electrons. The first-order chi connectivity index (χ1) is 12.4. The van der Waals surface area contributed by atoms with Gasteiger partial charge in [-0.3, -0.25) is 9.48 Å². The van der Waals surface area contributed by atoms with Crippen molar-refractivity contribution in [1.82, 2.24) is 9.78 Å². The Morgan fingerprint density at radius 3 is 2.73 bits per heavy atom. The zero-order chi connectivity index (χ0) is 18.7. The molecule has 3 rings (SSSR count). The third kappa shape index (κ3) is 4.06. The van der Waals surface area contributed by atoms with Gasteiger partial charge in [0.15, 0.2) is 0 Å². The first-order valence-corrected chi connectivity index (χ1v) is 8.59. The molecule has 3 aromatic rings. The second-order valence-electron chi connectivity index (χ2n) is 6.12. The molecule has 0 radical (unpaired) electrons. The molecule has 26 heavy (non-hydrogen) atoms. The van der Waals surface area contributed by atoms with Crippen molar-refractivity contribution in [3.05, 3.63) is 76.1 Å². The van der Waals surface area contributed by atoms with Crippen molar-refractivity contribution in [2.75, 3.05) is 5.32 Å². The molecule has 0 aliphatic carbocycles. The maximum absolute atomic E-state index is 12.5. The van der Waals surface area contributed by atoms with Crippen LogP contribution in [0.5, 0.6) is 5.75 Å². The highest BCUT2D eigenvalue weighted by Gasteiger charge is 2.11. The van der Waals surface area contributed by atoms with Crippen LogP contribution in [-0.4, -0.2) is 15.7 Å². The number of amides is 1. The van der Waals surface area contributed by atoms with Crippen LogP contribution in [0.25, 0.3) is 0 Å². The molecule has 1 heterocycles. The van der Waals surface area contributed by atoms with Crippen LogP contribution in [0.15, 0.2) is 48.7 Å². The number of nitrogens with zero attached hydrogens (tertiary/aromatic N) is 2. The minimum atomic E-state index is -0.175. The molecule has 0 bridgehead atoms. The summed E-state index contributed by atoms with van der Waals surface area (Å²) in [5, 5.41) is 7.70. The second-order valence-corrected chi connectivity index (χ2v) is 6.56. The summed E-state index contributed by atoms with van der Waals surface area (Å²) in [5.41, 5.74) is 4.06. The van der Waals surface area contributed by atoms with Crippen LogP contribution in [0, 0.1) is 13.8 Å². The Morgan fingerprint density at radius 2 is 2.04 bits per heavy atom. The minimum Gasteiger partial charge on any atom is -0.489 e. The van der Waals surface area contributed by atoms with Gasteiger partial charge in [0.1, 0.15) is 12.4 Å². The van der Waals surface area contributed by atoms with Crippen molar-refractivity contribution in [2.24, 2.45) is 7.05 Å². The summed E-state index contributed by atoms with van der Waals surface area (Å²) < 4.78 is 7.57. The average Bonchev–Trinajstić information content (AvgIpc) is 2.93. The van der Waals surface area contributed by atoms with E-state index in [1.165, 1.54) is 0 Å². The number of halogens is 1. The Hall–Kier alpha value is -2.79. The van der Waals surface area contributed by atoms with Crippen molar-refractivity contribution < 1.29 is 9.53 Å². The highest BCUT2D eigenvalue weighted by molar-refractivity contribution is 6.30.